The molecule has 4 rings (SSSR count). The van der Waals surface area contributed by atoms with Crippen molar-refractivity contribution in [2.75, 3.05) is 0 Å². The number of carbonyl (C=O) groups is 1. The normalized spacial score (nSPS) is 16.3. The third kappa shape index (κ3) is 3.38. The minimum absolute atomic E-state index is 0. The van der Waals surface area contributed by atoms with Crippen LogP contribution in [0, 0.1) is 0 Å². The smallest absolute Gasteiger partial charge is 0.337 e. The van der Waals surface area contributed by atoms with Crippen molar-refractivity contribution in [3.05, 3.63) is 103 Å². The number of benzene rings is 3. The van der Waals surface area contributed by atoms with Gasteiger partial charge in [0.1, 0.15) is 15.9 Å². The van der Waals surface area contributed by atoms with Gasteiger partial charge >= 0.3 is 5.97 Å². The maximum absolute atomic E-state index is 12.3. The van der Waals surface area contributed by atoms with E-state index < -0.39 is 7.26 Å². The first-order chi connectivity index (χ1) is 12.7. The summed E-state index contributed by atoms with van der Waals surface area (Å²) in [5.74, 6) is -0.510. The molecule has 4 heteroatoms. The monoisotopic (exact) mass is 438 g/mol. The Hall–Kier alpha value is -2.22. The molecule has 1 aliphatic rings. The molecule has 0 amide bonds. The molecular weight excluding hydrogens is 419 g/mol. The molecule has 1 atom stereocenters. The van der Waals surface area contributed by atoms with E-state index >= 15 is 0 Å². The van der Waals surface area contributed by atoms with E-state index in [-0.39, 0.29) is 28.8 Å². The summed E-state index contributed by atoms with van der Waals surface area (Å²) in [5.41, 5.74) is 0.683. The fraction of sp³-hybridized carbons (Fsp3) is 0.0870. The highest BCUT2D eigenvalue weighted by atomic mass is 79.9. The molecule has 0 bridgehead atoms. The zero-order chi connectivity index (χ0) is 18.0. The Balaban J connectivity index is 0.00000210. The molecule has 3 aromatic carbocycles. The molecule has 0 saturated carbocycles. The summed E-state index contributed by atoms with van der Waals surface area (Å²) in [4.78, 5) is 12.3. The van der Waals surface area contributed by atoms with E-state index in [1.54, 1.807) is 0 Å². The van der Waals surface area contributed by atoms with Gasteiger partial charge in [0.15, 0.2) is 7.26 Å². The van der Waals surface area contributed by atoms with Crippen LogP contribution in [0.1, 0.15) is 6.92 Å². The lowest BCUT2D eigenvalue weighted by Gasteiger charge is -2.30. The van der Waals surface area contributed by atoms with Crippen molar-refractivity contribution in [1.82, 2.24) is 0 Å². The number of carbonyl (C=O) groups excluding carboxylic acids is 1. The Morgan fingerprint density at radius 1 is 0.704 bits per heavy atom. The molecule has 1 unspecified atom stereocenters. The summed E-state index contributed by atoms with van der Waals surface area (Å²) in [6.45, 7) is 1.83. The number of ether oxygens (including phenoxy) is 1. The minimum Gasteiger partial charge on any atom is -1.00 e. The summed E-state index contributed by atoms with van der Waals surface area (Å²) < 4.78 is 5.92. The Kier molecular flexibility index (Phi) is 5.94. The lowest BCUT2D eigenvalue weighted by atomic mass is 10.3. The summed E-state index contributed by atoms with van der Waals surface area (Å²) >= 11 is 0. The Morgan fingerprint density at radius 3 is 1.37 bits per heavy atom. The fourth-order valence-corrected chi connectivity index (χ4v) is 7.99. The largest absolute Gasteiger partial charge is 1.00 e. The van der Waals surface area contributed by atoms with Crippen molar-refractivity contribution in [1.29, 1.82) is 0 Å². The van der Waals surface area contributed by atoms with E-state index in [2.05, 4.69) is 72.8 Å². The molecule has 0 N–H and O–H groups in total. The van der Waals surface area contributed by atoms with Gasteiger partial charge < -0.3 is 21.7 Å². The first-order valence-electron chi connectivity index (χ1n) is 8.68. The van der Waals surface area contributed by atoms with Crippen LogP contribution in [0.25, 0.3) is 0 Å². The van der Waals surface area contributed by atoms with Gasteiger partial charge in [0.25, 0.3) is 0 Å². The minimum atomic E-state index is -2.20. The maximum Gasteiger partial charge on any atom is 0.337 e. The molecule has 136 valence electrons. The fourth-order valence-electron chi connectivity index (χ4n) is 3.59. The summed E-state index contributed by atoms with van der Waals surface area (Å²) in [5, 5.41) is 3.63. The van der Waals surface area contributed by atoms with Crippen molar-refractivity contribution >= 4 is 29.1 Å². The Bertz CT molecular complexity index is 843. The van der Waals surface area contributed by atoms with Crippen LogP contribution in [0.5, 0.6) is 0 Å². The molecule has 0 spiro atoms. The second-order valence-corrected chi connectivity index (χ2v) is 9.88. The molecule has 3 aromatic rings. The molecule has 0 radical (unpaired) electrons. The van der Waals surface area contributed by atoms with Crippen molar-refractivity contribution in [2.45, 2.75) is 12.8 Å². The van der Waals surface area contributed by atoms with Crippen molar-refractivity contribution in [2.24, 2.45) is 0 Å². The van der Waals surface area contributed by atoms with Crippen LogP contribution in [0.4, 0.5) is 0 Å². The summed E-state index contributed by atoms with van der Waals surface area (Å²) in [7, 11) is -2.20. The van der Waals surface area contributed by atoms with E-state index in [9.17, 15) is 4.79 Å². The standard InChI is InChI=1S/C23H20O2P.BrH/c1-18-17-22(25-23(18)24)26(19-11-5-2-6-12-19,20-13-7-3-8-14-20)21-15-9-4-10-16-21;/h2-17,22H,1H3;1H/q+1;/p-1. The van der Waals surface area contributed by atoms with Gasteiger partial charge in [-0.25, -0.2) is 4.79 Å². The van der Waals surface area contributed by atoms with Crippen LogP contribution in [-0.4, -0.2) is 11.8 Å². The van der Waals surface area contributed by atoms with Gasteiger partial charge in [-0.1, -0.05) is 54.6 Å². The van der Waals surface area contributed by atoms with Gasteiger partial charge in [-0.05, 0) is 43.3 Å². The van der Waals surface area contributed by atoms with Crippen LogP contribution in [0.15, 0.2) is 103 Å². The molecule has 27 heavy (non-hydrogen) atoms. The molecule has 0 saturated heterocycles. The van der Waals surface area contributed by atoms with Gasteiger partial charge in [-0.2, -0.15) is 0 Å². The van der Waals surface area contributed by atoms with Crippen molar-refractivity contribution in [3.63, 3.8) is 0 Å². The second kappa shape index (κ2) is 8.21. The van der Waals surface area contributed by atoms with Gasteiger partial charge in [-0.3, -0.25) is 0 Å². The third-order valence-corrected chi connectivity index (χ3v) is 9.17. The first-order valence-corrected chi connectivity index (χ1v) is 10.5. The molecule has 0 fully saturated rings. The van der Waals surface area contributed by atoms with Gasteiger partial charge in [-0.15, -0.1) is 0 Å². The number of esters is 1. The highest BCUT2D eigenvalue weighted by Crippen LogP contribution is 2.61. The van der Waals surface area contributed by atoms with Gasteiger partial charge in [0, 0.05) is 11.6 Å². The average molecular weight is 439 g/mol. The van der Waals surface area contributed by atoms with Gasteiger partial charge in [0.2, 0.25) is 5.85 Å². The number of cyclic esters (lactones) is 1. The van der Waals surface area contributed by atoms with E-state index in [4.69, 9.17) is 4.74 Å². The number of rotatable bonds is 4. The molecule has 1 heterocycles. The van der Waals surface area contributed by atoms with Crippen LogP contribution in [0.3, 0.4) is 0 Å². The molecule has 1 aliphatic heterocycles. The van der Waals surface area contributed by atoms with E-state index in [1.807, 2.05) is 31.2 Å². The van der Waals surface area contributed by atoms with E-state index in [0.29, 0.717) is 5.57 Å². The van der Waals surface area contributed by atoms with E-state index in [1.165, 1.54) is 15.9 Å². The van der Waals surface area contributed by atoms with Crippen LogP contribution in [-0.2, 0) is 9.53 Å². The summed E-state index contributed by atoms with van der Waals surface area (Å²) in [6, 6.07) is 31.4. The van der Waals surface area contributed by atoms with Gasteiger partial charge in [0.05, 0.1) is 0 Å². The highest BCUT2D eigenvalue weighted by Gasteiger charge is 2.55. The van der Waals surface area contributed by atoms with Crippen LogP contribution in [0.2, 0.25) is 0 Å². The Labute approximate surface area is 171 Å². The van der Waals surface area contributed by atoms with Crippen molar-refractivity contribution < 1.29 is 26.5 Å². The third-order valence-electron chi connectivity index (χ3n) is 4.81. The predicted molar refractivity (Wildman–Crippen MR) is 109 cm³/mol. The van der Waals surface area contributed by atoms with Crippen LogP contribution >= 0.6 is 7.26 Å². The lowest BCUT2D eigenvalue weighted by molar-refractivity contribution is -0.137. The number of halogens is 1. The molecular formula is C23H20BrO2P. The number of hydrogen-bond donors (Lipinski definition) is 0. The topological polar surface area (TPSA) is 26.3 Å². The zero-order valence-electron chi connectivity index (χ0n) is 15.0. The summed E-state index contributed by atoms with van der Waals surface area (Å²) in [6.07, 6.45) is 2.00. The lowest BCUT2D eigenvalue weighted by Crippen LogP contribution is -3.00. The Morgan fingerprint density at radius 2 is 1.07 bits per heavy atom. The first kappa shape index (κ1) is 19.5. The molecule has 2 nitrogen and oxygen atoms in total. The van der Waals surface area contributed by atoms with E-state index in [0.717, 1.165) is 0 Å². The zero-order valence-corrected chi connectivity index (χ0v) is 17.4. The second-order valence-electron chi connectivity index (χ2n) is 6.37. The molecule has 0 aliphatic carbocycles. The highest BCUT2D eigenvalue weighted by molar-refractivity contribution is 7.96. The number of hydrogen-bond acceptors (Lipinski definition) is 2. The average Bonchev–Trinajstić information content (AvgIpc) is 3.04. The SMILES string of the molecule is CC1=CC([P+](c2ccccc2)(c2ccccc2)c2ccccc2)OC1=O.[Br-]. The van der Waals surface area contributed by atoms with Crippen molar-refractivity contribution in [3.8, 4) is 0 Å². The van der Waals surface area contributed by atoms with Crippen LogP contribution < -0.4 is 32.9 Å². The molecule has 0 aromatic heterocycles. The predicted octanol–water partition coefficient (Wildman–Crippen LogP) is 0.814. The quantitative estimate of drug-likeness (QED) is 0.445. The maximum atomic E-state index is 12.3.